The minimum Gasteiger partial charge on any atom is -0.485 e. The molecular weight excluding hydrogens is 323 g/mol. The van der Waals surface area contributed by atoms with Crippen molar-refractivity contribution in [2.75, 3.05) is 12.5 Å². The summed E-state index contributed by atoms with van der Waals surface area (Å²) in [5, 5.41) is 10.00. The lowest BCUT2D eigenvalue weighted by Crippen LogP contribution is -2.45. The standard InChI is InChI=1S/C13H12Cl2O4S/c14-5-1-4-13(12(17)18)11(16)7-19-9-3-2-8(15)6-10(9)20-13/h2-3,6H,1,4-5,7H2,(H,17,18). The minimum atomic E-state index is -1.56. The molecule has 0 aromatic heterocycles. The average molecular weight is 335 g/mol. The lowest BCUT2D eigenvalue weighted by atomic mass is 9.98. The maximum atomic E-state index is 12.2. The molecule has 108 valence electrons. The second-order valence-electron chi connectivity index (χ2n) is 4.33. The SMILES string of the molecule is O=C(O)C1(CCCCl)Sc2cc(Cl)ccc2OCC1=O. The van der Waals surface area contributed by atoms with Crippen LogP contribution in [0.4, 0.5) is 0 Å². The number of Topliss-reactive ketones (excluding diaryl/α,β-unsaturated/α-hetero) is 1. The first kappa shape index (κ1) is 15.5. The van der Waals surface area contributed by atoms with Gasteiger partial charge in [-0.25, -0.2) is 0 Å². The number of hydrogen-bond acceptors (Lipinski definition) is 4. The fourth-order valence-electron chi connectivity index (χ4n) is 1.96. The molecule has 7 heteroatoms. The highest BCUT2D eigenvalue weighted by atomic mass is 35.5. The number of halogens is 2. The predicted molar refractivity (Wildman–Crippen MR) is 78.1 cm³/mol. The first-order valence-electron chi connectivity index (χ1n) is 5.93. The zero-order valence-corrected chi connectivity index (χ0v) is 12.7. The van der Waals surface area contributed by atoms with Crippen molar-refractivity contribution < 1.29 is 19.4 Å². The van der Waals surface area contributed by atoms with Crippen LogP contribution in [0.2, 0.25) is 5.02 Å². The molecule has 1 unspecified atom stereocenters. The number of hydrogen-bond donors (Lipinski definition) is 1. The molecule has 0 saturated heterocycles. The summed E-state index contributed by atoms with van der Waals surface area (Å²) in [6.07, 6.45) is 0.590. The van der Waals surface area contributed by atoms with Crippen LogP contribution in [0, 0.1) is 0 Å². The summed E-state index contributed by atoms with van der Waals surface area (Å²) in [6.45, 7) is -0.268. The third-order valence-electron chi connectivity index (χ3n) is 3.01. The fourth-order valence-corrected chi connectivity index (χ4v) is 3.63. The maximum Gasteiger partial charge on any atom is 0.327 e. The van der Waals surface area contributed by atoms with Crippen molar-refractivity contribution in [3.8, 4) is 5.75 Å². The van der Waals surface area contributed by atoms with Crippen molar-refractivity contribution in [3.05, 3.63) is 23.2 Å². The molecule has 2 rings (SSSR count). The van der Waals surface area contributed by atoms with Crippen LogP contribution < -0.4 is 4.74 Å². The highest BCUT2D eigenvalue weighted by Gasteiger charge is 2.48. The summed E-state index contributed by atoms with van der Waals surface area (Å²) in [5.74, 6) is -0.866. The van der Waals surface area contributed by atoms with Crippen LogP contribution in [0.1, 0.15) is 12.8 Å². The second-order valence-corrected chi connectivity index (χ2v) is 6.48. The minimum absolute atomic E-state index is 0.157. The van der Waals surface area contributed by atoms with Gasteiger partial charge in [-0.1, -0.05) is 23.4 Å². The van der Waals surface area contributed by atoms with Gasteiger partial charge in [-0.3, -0.25) is 9.59 Å². The molecule has 4 nitrogen and oxygen atoms in total. The topological polar surface area (TPSA) is 63.6 Å². The monoisotopic (exact) mass is 334 g/mol. The number of carboxylic acid groups (broad SMARTS) is 1. The molecule has 0 spiro atoms. The van der Waals surface area contributed by atoms with Gasteiger partial charge >= 0.3 is 5.97 Å². The van der Waals surface area contributed by atoms with Gasteiger partial charge < -0.3 is 9.84 Å². The molecule has 0 bridgehead atoms. The highest BCUT2D eigenvalue weighted by Crippen LogP contribution is 2.45. The Morgan fingerprint density at radius 2 is 2.25 bits per heavy atom. The molecule has 0 fully saturated rings. The first-order chi connectivity index (χ1) is 9.49. The molecule has 1 atom stereocenters. The van der Waals surface area contributed by atoms with Crippen LogP contribution in [-0.2, 0) is 9.59 Å². The zero-order valence-electron chi connectivity index (χ0n) is 10.4. The number of thioether (sulfide) groups is 1. The molecular formula is C13H12Cl2O4S. The largest absolute Gasteiger partial charge is 0.485 e. The fraction of sp³-hybridized carbons (Fsp3) is 0.385. The molecule has 20 heavy (non-hydrogen) atoms. The number of carbonyl (C=O) groups is 2. The van der Waals surface area contributed by atoms with Gasteiger partial charge in [-0.05, 0) is 31.0 Å². The summed E-state index contributed by atoms with van der Waals surface area (Å²) < 4.78 is 3.81. The molecule has 0 saturated carbocycles. The van der Waals surface area contributed by atoms with E-state index in [1.807, 2.05) is 0 Å². The van der Waals surface area contributed by atoms with E-state index < -0.39 is 16.5 Å². The highest BCUT2D eigenvalue weighted by molar-refractivity contribution is 8.02. The van der Waals surface area contributed by atoms with Crippen LogP contribution in [0.5, 0.6) is 5.75 Å². The third kappa shape index (κ3) is 2.90. The molecule has 0 amide bonds. The predicted octanol–water partition coefficient (Wildman–Crippen LogP) is 3.24. The van der Waals surface area contributed by atoms with E-state index >= 15 is 0 Å². The summed E-state index contributed by atoms with van der Waals surface area (Å²) in [6, 6.07) is 4.88. The molecule has 1 aromatic carbocycles. The molecule has 1 N–H and O–H groups in total. The van der Waals surface area contributed by atoms with Crippen molar-refractivity contribution in [2.24, 2.45) is 0 Å². The van der Waals surface area contributed by atoms with Crippen LogP contribution in [0.15, 0.2) is 23.1 Å². The number of alkyl halides is 1. The molecule has 1 aliphatic heterocycles. The van der Waals surface area contributed by atoms with E-state index in [-0.39, 0.29) is 13.0 Å². The average Bonchev–Trinajstić information content (AvgIpc) is 2.54. The van der Waals surface area contributed by atoms with Gasteiger partial charge in [-0.2, -0.15) is 0 Å². The Morgan fingerprint density at radius 1 is 1.50 bits per heavy atom. The number of aliphatic carboxylic acids is 1. The van der Waals surface area contributed by atoms with Crippen molar-refractivity contribution in [1.82, 2.24) is 0 Å². The second kappa shape index (κ2) is 6.24. The molecule has 1 aromatic rings. The quantitative estimate of drug-likeness (QED) is 0.676. The van der Waals surface area contributed by atoms with Crippen LogP contribution in [0.25, 0.3) is 0 Å². The lowest BCUT2D eigenvalue weighted by Gasteiger charge is -2.24. The van der Waals surface area contributed by atoms with Crippen molar-refractivity contribution >= 4 is 46.7 Å². The van der Waals surface area contributed by atoms with Crippen LogP contribution in [0.3, 0.4) is 0 Å². The van der Waals surface area contributed by atoms with Crippen LogP contribution in [-0.4, -0.2) is 34.1 Å². The molecule has 1 heterocycles. The molecule has 0 aliphatic carbocycles. The third-order valence-corrected chi connectivity index (χ3v) is 5.00. The number of rotatable bonds is 4. The normalized spacial score (nSPS) is 21.8. The Bertz CT molecular complexity index is 549. The lowest BCUT2D eigenvalue weighted by molar-refractivity contribution is -0.144. The van der Waals surface area contributed by atoms with E-state index in [1.165, 1.54) is 0 Å². The van der Waals surface area contributed by atoms with E-state index in [1.54, 1.807) is 18.2 Å². The van der Waals surface area contributed by atoms with Crippen molar-refractivity contribution in [2.45, 2.75) is 22.5 Å². The van der Waals surface area contributed by atoms with Crippen molar-refractivity contribution in [1.29, 1.82) is 0 Å². The van der Waals surface area contributed by atoms with E-state index in [4.69, 9.17) is 27.9 Å². The first-order valence-corrected chi connectivity index (χ1v) is 7.66. The number of ketones is 1. The summed E-state index contributed by atoms with van der Waals surface area (Å²) in [4.78, 5) is 24.5. The van der Waals surface area contributed by atoms with Crippen LogP contribution >= 0.6 is 35.0 Å². The van der Waals surface area contributed by atoms with Gasteiger partial charge in [0, 0.05) is 10.9 Å². The number of ether oxygens (including phenoxy) is 1. The zero-order chi connectivity index (χ0) is 14.8. The van der Waals surface area contributed by atoms with Gasteiger partial charge in [0.05, 0.1) is 4.90 Å². The van der Waals surface area contributed by atoms with E-state index in [0.717, 1.165) is 11.8 Å². The van der Waals surface area contributed by atoms with E-state index in [9.17, 15) is 14.7 Å². The maximum absolute atomic E-state index is 12.2. The Balaban J connectivity index is 2.45. The number of fused-ring (bicyclic) bond motifs is 1. The number of benzene rings is 1. The Kier molecular flexibility index (Phi) is 4.83. The van der Waals surface area contributed by atoms with E-state index in [0.29, 0.717) is 28.0 Å². The summed E-state index contributed by atoms with van der Waals surface area (Å²) >= 11 is 12.5. The summed E-state index contributed by atoms with van der Waals surface area (Å²) in [5.41, 5.74) is 0. The van der Waals surface area contributed by atoms with Gasteiger partial charge in [0.1, 0.15) is 12.4 Å². The van der Waals surface area contributed by atoms with Gasteiger partial charge in [-0.15, -0.1) is 11.6 Å². The van der Waals surface area contributed by atoms with Gasteiger partial charge in [0.2, 0.25) is 0 Å². The Labute approximate surface area is 130 Å². The van der Waals surface area contributed by atoms with E-state index in [2.05, 4.69) is 0 Å². The van der Waals surface area contributed by atoms with Crippen molar-refractivity contribution in [3.63, 3.8) is 0 Å². The summed E-state index contributed by atoms with van der Waals surface area (Å²) in [7, 11) is 0. The number of carboxylic acids is 1. The number of carbonyl (C=O) groups excluding carboxylic acids is 1. The van der Waals surface area contributed by atoms with Gasteiger partial charge in [0.15, 0.2) is 10.5 Å². The Morgan fingerprint density at radius 3 is 2.90 bits per heavy atom. The molecule has 1 aliphatic rings. The molecule has 0 radical (unpaired) electrons. The van der Waals surface area contributed by atoms with Gasteiger partial charge in [0.25, 0.3) is 0 Å². The smallest absolute Gasteiger partial charge is 0.327 e. The Hall–Kier alpha value is -0.910.